The van der Waals surface area contributed by atoms with E-state index in [-0.39, 0.29) is 5.97 Å². The highest BCUT2D eigenvalue weighted by Gasteiger charge is 2.37. The lowest BCUT2D eigenvalue weighted by Crippen LogP contribution is -2.36. The Bertz CT molecular complexity index is 957. The highest BCUT2D eigenvalue weighted by atomic mass is 16.5. The maximum Gasteiger partial charge on any atom is 0.312 e. The second-order valence-electron chi connectivity index (χ2n) is 7.63. The highest BCUT2D eigenvalue weighted by molar-refractivity contribution is 5.83. The number of aromatic hydroxyl groups is 1. The van der Waals surface area contributed by atoms with Crippen LogP contribution in [0.5, 0.6) is 5.75 Å². The molecule has 2 aliphatic rings. The predicted molar refractivity (Wildman–Crippen MR) is 120 cm³/mol. The fourth-order valence-electron chi connectivity index (χ4n) is 3.62. The number of benzene rings is 3. The van der Waals surface area contributed by atoms with Gasteiger partial charge in [0, 0.05) is 5.56 Å². The fraction of sp³-hybridized carbons (Fsp3) is 0.269. The third-order valence-corrected chi connectivity index (χ3v) is 5.64. The smallest absolute Gasteiger partial charge is 0.312 e. The minimum atomic E-state index is -0.551. The number of nitrogens with two attached hydrogens (primary N) is 1. The summed E-state index contributed by atoms with van der Waals surface area (Å²) in [6.45, 7) is 2.81. The number of hydrogen-bond acceptors (Lipinski definition) is 4. The first kappa shape index (κ1) is 21.6. The van der Waals surface area contributed by atoms with E-state index in [1.54, 1.807) is 6.07 Å². The molecule has 4 heteroatoms. The van der Waals surface area contributed by atoms with Gasteiger partial charge < -0.3 is 15.6 Å². The molecule has 4 rings (SSSR count). The normalized spacial score (nSPS) is 12.9. The number of phenols is 1. The van der Waals surface area contributed by atoms with Crippen LogP contribution in [0.25, 0.3) is 11.1 Å². The van der Waals surface area contributed by atoms with E-state index in [1.807, 2.05) is 79.7 Å². The summed E-state index contributed by atoms with van der Waals surface area (Å²) >= 11 is 0. The molecule has 0 saturated carbocycles. The van der Waals surface area contributed by atoms with Crippen LogP contribution < -0.4 is 5.73 Å². The molecule has 2 aromatic rings. The monoisotopic (exact) mass is 403 g/mol. The van der Waals surface area contributed by atoms with Gasteiger partial charge in [0.2, 0.25) is 0 Å². The zero-order chi connectivity index (χ0) is 21.4. The molecule has 3 N–H and O–H groups in total. The Morgan fingerprint density at radius 1 is 0.967 bits per heavy atom. The molecule has 1 atom stereocenters. The quantitative estimate of drug-likeness (QED) is 0.402. The molecule has 0 heterocycles. The van der Waals surface area contributed by atoms with Gasteiger partial charge in [-0.15, -0.1) is 0 Å². The lowest BCUT2D eigenvalue weighted by Gasteiger charge is -2.30. The van der Waals surface area contributed by atoms with Crippen molar-refractivity contribution in [3.05, 3.63) is 90.0 Å². The van der Waals surface area contributed by atoms with Gasteiger partial charge >= 0.3 is 5.97 Å². The Labute approximate surface area is 178 Å². The van der Waals surface area contributed by atoms with Gasteiger partial charge in [0.15, 0.2) is 0 Å². The number of esters is 1. The van der Waals surface area contributed by atoms with Crippen molar-refractivity contribution in [3.63, 3.8) is 0 Å². The molecule has 2 aromatic carbocycles. The minimum Gasteiger partial charge on any atom is -0.507 e. The average Bonchev–Trinajstić information content (AvgIpc) is 2.77. The van der Waals surface area contributed by atoms with Crippen LogP contribution >= 0.6 is 0 Å². The topological polar surface area (TPSA) is 72.6 Å². The Kier molecular flexibility index (Phi) is 7.26. The zero-order valence-electron chi connectivity index (χ0n) is 17.4. The van der Waals surface area contributed by atoms with Crippen molar-refractivity contribution in [2.45, 2.75) is 32.8 Å². The van der Waals surface area contributed by atoms with Crippen LogP contribution in [0.3, 0.4) is 0 Å². The van der Waals surface area contributed by atoms with Crippen LogP contribution in [0.2, 0.25) is 0 Å². The number of phenolic OH excluding ortho intramolecular Hbond substituents is 1. The first-order valence-electron chi connectivity index (χ1n) is 10.4. The molecule has 0 radical (unpaired) electrons. The van der Waals surface area contributed by atoms with E-state index in [4.69, 9.17) is 15.6 Å². The summed E-state index contributed by atoms with van der Waals surface area (Å²) in [7, 11) is 0. The third kappa shape index (κ3) is 5.08. The third-order valence-electron chi connectivity index (χ3n) is 5.64. The van der Waals surface area contributed by atoms with Gasteiger partial charge in [0.05, 0.1) is 5.41 Å². The Balaban J connectivity index is 0.000000302. The summed E-state index contributed by atoms with van der Waals surface area (Å²) in [5.74, 6) is 0.288. The zero-order valence-corrected chi connectivity index (χ0v) is 17.4. The maximum absolute atomic E-state index is 12.8. The Hall–Kier alpha value is -3.11. The van der Waals surface area contributed by atoms with Gasteiger partial charge in [0.1, 0.15) is 12.4 Å². The number of carbonyl (C=O) groups is 1. The van der Waals surface area contributed by atoms with Crippen LogP contribution in [0, 0.1) is 5.41 Å². The van der Waals surface area contributed by atoms with Crippen LogP contribution in [-0.2, 0) is 22.6 Å². The second-order valence-corrected chi connectivity index (χ2v) is 7.63. The Morgan fingerprint density at radius 2 is 1.60 bits per heavy atom. The maximum atomic E-state index is 12.8. The molecule has 0 bridgehead atoms. The summed E-state index contributed by atoms with van der Waals surface area (Å²) in [6, 6.07) is 25.5. The van der Waals surface area contributed by atoms with E-state index in [9.17, 15) is 4.79 Å². The van der Waals surface area contributed by atoms with E-state index in [0.717, 1.165) is 16.7 Å². The highest BCUT2D eigenvalue weighted by Crippen LogP contribution is 2.41. The number of fused-ring (bicyclic) bond motifs is 1. The predicted octanol–water partition coefficient (Wildman–Crippen LogP) is 5.09. The SMILES string of the molecule is CCC(CCN)(Cc1ccccc1)C(=O)OCc1ccccc1.Oc1cc2ccc1-2. The van der Waals surface area contributed by atoms with Crippen molar-refractivity contribution in [3.8, 4) is 16.9 Å². The van der Waals surface area contributed by atoms with Gasteiger partial charge in [0.25, 0.3) is 0 Å². The molecule has 30 heavy (non-hydrogen) atoms. The van der Waals surface area contributed by atoms with Crippen molar-refractivity contribution in [1.29, 1.82) is 0 Å². The number of rotatable bonds is 8. The summed E-state index contributed by atoms with van der Waals surface area (Å²) in [5.41, 5.74) is 9.59. The lowest BCUT2D eigenvalue weighted by molar-refractivity contribution is -0.158. The van der Waals surface area contributed by atoms with Crippen LogP contribution in [0.15, 0.2) is 78.9 Å². The lowest BCUT2D eigenvalue weighted by atomic mass is 9.76. The standard InChI is InChI=1S/C20H25NO2.C6H4O/c1-2-20(13-14-21,15-17-9-5-3-6-10-17)19(22)23-16-18-11-7-4-8-12-18;7-6-3-4-1-2-5(4)6/h3-12H,2,13-16,21H2,1H3;1-3,7H. The molecule has 2 aliphatic carbocycles. The molecule has 0 fully saturated rings. The second kappa shape index (κ2) is 10.1. The number of ether oxygens (including phenoxy) is 1. The van der Waals surface area contributed by atoms with Crippen molar-refractivity contribution >= 4 is 5.97 Å². The average molecular weight is 404 g/mol. The molecule has 0 saturated heterocycles. The van der Waals surface area contributed by atoms with E-state index >= 15 is 0 Å². The van der Waals surface area contributed by atoms with Crippen molar-refractivity contribution in [2.24, 2.45) is 11.1 Å². The van der Waals surface area contributed by atoms with E-state index in [1.165, 1.54) is 5.56 Å². The van der Waals surface area contributed by atoms with Gasteiger partial charge in [-0.05, 0) is 48.6 Å². The molecular weight excluding hydrogens is 374 g/mol. The minimum absolute atomic E-state index is 0.154. The molecule has 0 aliphatic heterocycles. The van der Waals surface area contributed by atoms with E-state index in [0.29, 0.717) is 38.2 Å². The largest absolute Gasteiger partial charge is 0.507 e. The van der Waals surface area contributed by atoms with Gasteiger partial charge in [-0.1, -0.05) is 79.7 Å². The van der Waals surface area contributed by atoms with E-state index < -0.39 is 5.41 Å². The van der Waals surface area contributed by atoms with Crippen LogP contribution in [-0.4, -0.2) is 17.6 Å². The van der Waals surface area contributed by atoms with Crippen LogP contribution in [0.1, 0.15) is 30.9 Å². The molecule has 4 nitrogen and oxygen atoms in total. The summed E-state index contributed by atoms with van der Waals surface area (Å²) < 4.78 is 5.61. The van der Waals surface area contributed by atoms with Gasteiger partial charge in [-0.3, -0.25) is 4.79 Å². The fourth-order valence-corrected chi connectivity index (χ4v) is 3.62. The summed E-state index contributed by atoms with van der Waals surface area (Å²) in [6.07, 6.45) is 2.01. The molecule has 0 aromatic heterocycles. The van der Waals surface area contributed by atoms with Crippen molar-refractivity contribution < 1.29 is 14.6 Å². The molecule has 156 valence electrons. The number of hydrogen-bond donors (Lipinski definition) is 2. The summed E-state index contributed by atoms with van der Waals surface area (Å²) in [4.78, 5) is 12.8. The van der Waals surface area contributed by atoms with E-state index in [2.05, 4.69) is 0 Å². The van der Waals surface area contributed by atoms with Crippen molar-refractivity contribution in [2.75, 3.05) is 6.54 Å². The van der Waals surface area contributed by atoms with Gasteiger partial charge in [-0.2, -0.15) is 0 Å². The molecule has 1 unspecified atom stereocenters. The first-order chi connectivity index (χ1) is 14.6. The van der Waals surface area contributed by atoms with Crippen LogP contribution in [0.4, 0.5) is 0 Å². The first-order valence-corrected chi connectivity index (χ1v) is 10.4. The molecular formula is C26H29NO3. The molecule has 0 amide bonds. The Morgan fingerprint density at radius 3 is 2.00 bits per heavy atom. The summed E-state index contributed by atoms with van der Waals surface area (Å²) in [5, 5.41) is 8.69. The number of carbonyl (C=O) groups excluding carboxylic acids is 1. The van der Waals surface area contributed by atoms with Gasteiger partial charge in [-0.25, -0.2) is 0 Å². The molecule has 0 spiro atoms. The van der Waals surface area contributed by atoms with Crippen molar-refractivity contribution in [1.82, 2.24) is 0 Å².